The summed E-state index contributed by atoms with van der Waals surface area (Å²) in [5.74, 6) is -0.352. The monoisotopic (exact) mass is 368 g/mol. The Morgan fingerprint density at radius 3 is 1.89 bits per heavy atom. The van der Waals surface area contributed by atoms with E-state index in [4.69, 9.17) is 0 Å². The van der Waals surface area contributed by atoms with E-state index in [1.54, 1.807) is 24.3 Å². The molecule has 0 radical (unpaired) electrons. The standard InChI is InChI=1S/C18H16N4O5/c23-16-9-10-17(24)21(16)11-12-1-3-13(4-2-12)19-18(25)20-14-5-7-15(8-6-14)22(26)27/h1-8H,9-11H2,(H2,19,20,25). The van der Waals surface area contributed by atoms with Gasteiger partial charge in [-0.1, -0.05) is 12.1 Å². The second-order valence-electron chi connectivity index (χ2n) is 5.95. The summed E-state index contributed by atoms with van der Waals surface area (Å²) in [5, 5.41) is 15.8. The van der Waals surface area contributed by atoms with Crippen LogP contribution in [-0.4, -0.2) is 27.7 Å². The zero-order valence-corrected chi connectivity index (χ0v) is 14.2. The minimum Gasteiger partial charge on any atom is -0.308 e. The number of imide groups is 1. The molecule has 9 heteroatoms. The number of benzene rings is 2. The van der Waals surface area contributed by atoms with Crippen molar-refractivity contribution in [2.75, 3.05) is 10.6 Å². The maximum absolute atomic E-state index is 12.0. The number of nitrogens with one attached hydrogen (secondary N) is 2. The van der Waals surface area contributed by atoms with Crippen LogP contribution in [0.25, 0.3) is 0 Å². The molecule has 27 heavy (non-hydrogen) atoms. The molecule has 9 nitrogen and oxygen atoms in total. The molecule has 138 valence electrons. The summed E-state index contributed by atoms with van der Waals surface area (Å²) in [6.07, 6.45) is 0.503. The number of carbonyl (C=O) groups is 3. The maximum atomic E-state index is 12.0. The van der Waals surface area contributed by atoms with Gasteiger partial charge in [-0.05, 0) is 29.8 Å². The van der Waals surface area contributed by atoms with Crippen molar-refractivity contribution in [3.8, 4) is 0 Å². The van der Waals surface area contributed by atoms with Crippen LogP contribution in [0.3, 0.4) is 0 Å². The number of rotatable bonds is 5. The lowest BCUT2D eigenvalue weighted by molar-refractivity contribution is -0.384. The van der Waals surface area contributed by atoms with Crippen LogP contribution < -0.4 is 10.6 Å². The Morgan fingerprint density at radius 2 is 1.41 bits per heavy atom. The molecule has 0 unspecified atom stereocenters. The molecular weight excluding hydrogens is 352 g/mol. The third kappa shape index (κ3) is 4.46. The molecule has 1 saturated heterocycles. The van der Waals surface area contributed by atoms with Gasteiger partial charge >= 0.3 is 6.03 Å². The van der Waals surface area contributed by atoms with Crippen molar-refractivity contribution >= 4 is 34.9 Å². The van der Waals surface area contributed by atoms with Gasteiger partial charge < -0.3 is 10.6 Å². The van der Waals surface area contributed by atoms with E-state index in [2.05, 4.69) is 10.6 Å². The second kappa shape index (κ2) is 7.65. The Kier molecular flexibility index (Phi) is 5.11. The number of non-ortho nitro benzene ring substituents is 1. The minimum atomic E-state index is -0.519. The topological polar surface area (TPSA) is 122 Å². The highest BCUT2D eigenvalue weighted by molar-refractivity contribution is 6.02. The number of hydrogen-bond acceptors (Lipinski definition) is 5. The van der Waals surface area contributed by atoms with E-state index in [0.717, 1.165) is 5.56 Å². The highest BCUT2D eigenvalue weighted by Gasteiger charge is 2.28. The molecule has 2 N–H and O–H groups in total. The van der Waals surface area contributed by atoms with Crippen LogP contribution in [0.4, 0.5) is 21.9 Å². The molecule has 0 aliphatic carbocycles. The summed E-state index contributed by atoms with van der Waals surface area (Å²) < 4.78 is 0. The summed E-state index contributed by atoms with van der Waals surface area (Å²) in [7, 11) is 0. The van der Waals surface area contributed by atoms with Crippen LogP contribution in [0, 0.1) is 10.1 Å². The molecular formula is C18H16N4O5. The number of hydrogen-bond donors (Lipinski definition) is 2. The third-order valence-corrected chi connectivity index (χ3v) is 4.04. The molecule has 0 atom stereocenters. The van der Waals surface area contributed by atoms with Crippen molar-refractivity contribution in [1.82, 2.24) is 4.90 Å². The van der Waals surface area contributed by atoms with Crippen molar-refractivity contribution in [2.24, 2.45) is 0 Å². The second-order valence-corrected chi connectivity index (χ2v) is 5.95. The fourth-order valence-electron chi connectivity index (χ4n) is 2.64. The van der Waals surface area contributed by atoms with Gasteiger partial charge in [-0.15, -0.1) is 0 Å². The normalized spacial score (nSPS) is 13.6. The number of amides is 4. The predicted octanol–water partition coefficient (Wildman–Crippen LogP) is 2.89. The van der Waals surface area contributed by atoms with Crippen molar-refractivity contribution in [1.29, 1.82) is 0 Å². The first-order chi connectivity index (χ1) is 12.9. The molecule has 0 aromatic heterocycles. The largest absolute Gasteiger partial charge is 0.323 e. The van der Waals surface area contributed by atoms with Gasteiger partial charge in [-0.2, -0.15) is 0 Å². The lowest BCUT2D eigenvalue weighted by Gasteiger charge is -2.14. The maximum Gasteiger partial charge on any atom is 0.323 e. The van der Waals surface area contributed by atoms with E-state index in [9.17, 15) is 24.5 Å². The summed E-state index contributed by atoms with van der Waals surface area (Å²) in [5.41, 5.74) is 1.66. The van der Waals surface area contributed by atoms with Crippen molar-refractivity contribution in [2.45, 2.75) is 19.4 Å². The first-order valence-electron chi connectivity index (χ1n) is 8.17. The van der Waals surface area contributed by atoms with Gasteiger partial charge in [-0.25, -0.2) is 4.79 Å². The predicted molar refractivity (Wildman–Crippen MR) is 97.0 cm³/mol. The van der Waals surface area contributed by atoms with Gasteiger partial charge in [0.1, 0.15) is 0 Å². The average molecular weight is 368 g/mol. The van der Waals surface area contributed by atoms with E-state index in [0.29, 0.717) is 11.4 Å². The van der Waals surface area contributed by atoms with E-state index < -0.39 is 11.0 Å². The third-order valence-electron chi connectivity index (χ3n) is 4.04. The Balaban J connectivity index is 1.56. The number of likely N-dealkylation sites (tertiary alicyclic amines) is 1. The number of anilines is 2. The van der Waals surface area contributed by atoms with Crippen LogP contribution in [0.1, 0.15) is 18.4 Å². The van der Waals surface area contributed by atoms with Gasteiger partial charge in [-0.3, -0.25) is 24.6 Å². The fraction of sp³-hybridized carbons (Fsp3) is 0.167. The SMILES string of the molecule is O=C(Nc1ccc(CN2C(=O)CCC2=O)cc1)Nc1ccc([N+](=O)[O-])cc1. The molecule has 2 aromatic rings. The van der Waals surface area contributed by atoms with E-state index >= 15 is 0 Å². The molecule has 0 spiro atoms. The Bertz CT molecular complexity index is 877. The lowest BCUT2D eigenvalue weighted by atomic mass is 10.2. The summed E-state index contributed by atoms with van der Waals surface area (Å²) in [6.45, 7) is 0.215. The van der Waals surface area contributed by atoms with E-state index in [1.807, 2.05) is 0 Å². The zero-order valence-electron chi connectivity index (χ0n) is 14.2. The van der Waals surface area contributed by atoms with Crippen LogP contribution in [-0.2, 0) is 16.1 Å². The van der Waals surface area contributed by atoms with Crippen molar-refractivity contribution in [3.63, 3.8) is 0 Å². The highest BCUT2D eigenvalue weighted by atomic mass is 16.6. The molecule has 1 heterocycles. The van der Waals surface area contributed by atoms with Gasteiger partial charge in [0.2, 0.25) is 11.8 Å². The Hall–Kier alpha value is -3.75. The van der Waals surface area contributed by atoms with Crippen LogP contribution in [0.5, 0.6) is 0 Å². The lowest BCUT2D eigenvalue weighted by Crippen LogP contribution is -2.28. The summed E-state index contributed by atoms with van der Waals surface area (Å²) >= 11 is 0. The number of nitro benzene ring substituents is 1. The average Bonchev–Trinajstić information content (AvgIpc) is 2.95. The molecule has 1 aliphatic heterocycles. The Labute approximate surface area is 154 Å². The first-order valence-corrected chi connectivity index (χ1v) is 8.17. The molecule has 1 aliphatic rings. The Morgan fingerprint density at radius 1 is 0.926 bits per heavy atom. The minimum absolute atomic E-state index is 0.0634. The van der Waals surface area contributed by atoms with E-state index in [1.165, 1.54) is 29.2 Å². The summed E-state index contributed by atoms with van der Waals surface area (Å²) in [6, 6.07) is 11.7. The molecule has 1 fully saturated rings. The number of carbonyl (C=O) groups excluding carboxylic acids is 3. The molecule has 4 amide bonds. The summed E-state index contributed by atoms with van der Waals surface area (Å²) in [4.78, 5) is 46.6. The zero-order chi connectivity index (χ0) is 19.4. The van der Waals surface area contributed by atoms with Crippen LogP contribution >= 0.6 is 0 Å². The van der Waals surface area contributed by atoms with Crippen LogP contribution in [0.2, 0.25) is 0 Å². The van der Waals surface area contributed by atoms with Crippen molar-refractivity contribution < 1.29 is 19.3 Å². The quantitative estimate of drug-likeness (QED) is 0.477. The molecule has 0 saturated carbocycles. The van der Waals surface area contributed by atoms with Gasteiger partial charge in [0.05, 0.1) is 11.5 Å². The number of nitro groups is 1. The van der Waals surface area contributed by atoms with Crippen LogP contribution in [0.15, 0.2) is 48.5 Å². The number of nitrogens with zero attached hydrogens (tertiary/aromatic N) is 2. The number of urea groups is 1. The molecule has 0 bridgehead atoms. The fourth-order valence-corrected chi connectivity index (χ4v) is 2.64. The molecule has 3 rings (SSSR count). The van der Waals surface area contributed by atoms with E-state index in [-0.39, 0.29) is 36.9 Å². The first kappa shape index (κ1) is 18.1. The van der Waals surface area contributed by atoms with Gasteiger partial charge in [0.15, 0.2) is 0 Å². The smallest absolute Gasteiger partial charge is 0.308 e. The van der Waals surface area contributed by atoms with Gasteiger partial charge in [0, 0.05) is 36.3 Å². The van der Waals surface area contributed by atoms with Gasteiger partial charge in [0.25, 0.3) is 5.69 Å². The molecule has 2 aromatic carbocycles. The van der Waals surface area contributed by atoms with Crippen molar-refractivity contribution in [3.05, 3.63) is 64.2 Å². The highest BCUT2D eigenvalue weighted by Crippen LogP contribution is 2.18.